The molecule has 1 unspecified atom stereocenters. The van der Waals surface area contributed by atoms with Gasteiger partial charge in [0.05, 0.1) is 20.8 Å². The molecule has 0 saturated heterocycles. The van der Waals surface area contributed by atoms with Crippen LogP contribution in [0.2, 0.25) is 10.0 Å². The SMILES string of the molecule is O=[N+]([O-])c1cc(Cl)c(OCC(O)CCl)c(Cl)c1. The van der Waals surface area contributed by atoms with Crippen molar-refractivity contribution < 1.29 is 14.8 Å². The molecule has 8 heteroatoms. The lowest BCUT2D eigenvalue weighted by Gasteiger charge is -2.12. The zero-order valence-electron chi connectivity index (χ0n) is 8.40. The Labute approximate surface area is 112 Å². The van der Waals surface area contributed by atoms with Gasteiger partial charge in [0, 0.05) is 12.1 Å². The second-order valence-corrected chi connectivity index (χ2v) is 4.24. The van der Waals surface area contributed by atoms with E-state index in [1.54, 1.807) is 0 Å². The van der Waals surface area contributed by atoms with Gasteiger partial charge in [-0.1, -0.05) is 23.2 Å². The molecule has 0 bridgehead atoms. The van der Waals surface area contributed by atoms with Crippen LogP contribution in [0.1, 0.15) is 0 Å². The van der Waals surface area contributed by atoms with E-state index in [0.29, 0.717) is 0 Å². The first kappa shape index (κ1) is 14.3. The highest BCUT2D eigenvalue weighted by Crippen LogP contribution is 2.36. The van der Waals surface area contributed by atoms with Crippen molar-refractivity contribution >= 4 is 40.5 Å². The minimum absolute atomic E-state index is 0.00220. The van der Waals surface area contributed by atoms with Crippen LogP contribution in [0.25, 0.3) is 0 Å². The fraction of sp³-hybridized carbons (Fsp3) is 0.333. The highest BCUT2D eigenvalue weighted by Gasteiger charge is 2.16. The first-order chi connectivity index (χ1) is 7.95. The van der Waals surface area contributed by atoms with E-state index in [4.69, 9.17) is 39.5 Å². The van der Waals surface area contributed by atoms with Gasteiger partial charge in [-0.05, 0) is 0 Å². The second kappa shape index (κ2) is 6.26. The molecule has 17 heavy (non-hydrogen) atoms. The van der Waals surface area contributed by atoms with Gasteiger partial charge in [-0.25, -0.2) is 0 Å². The molecule has 1 atom stereocenters. The number of halogens is 3. The van der Waals surface area contributed by atoms with Crippen LogP contribution >= 0.6 is 34.8 Å². The minimum Gasteiger partial charge on any atom is -0.488 e. The van der Waals surface area contributed by atoms with Crippen LogP contribution in [0.15, 0.2) is 12.1 Å². The van der Waals surface area contributed by atoms with E-state index in [9.17, 15) is 15.2 Å². The summed E-state index contributed by atoms with van der Waals surface area (Å²) in [6.45, 7) is -0.0965. The van der Waals surface area contributed by atoms with Crippen molar-refractivity contribution in [3.8, 4) is 5.75 Å². The monoisotopic (exact) mass is 299 g/mol. The van der Waals surface area contributed by atoms with E-state index in [0.717, 1.165) is 12.1 Å². The number of non-ortho nitro benzene ring substituents is 1. The van der Waals surface area contributed by atoms with Crippen LogP contribution in [-0.2, 0) is 0 Å². The summed E-state index contributed by atoms with van der Waals surface area (Å²) in [4.78, 5) is 9.90. The van der Waals surface area contributed by atoms with E-state index in [1.807, 2.05) is 0 Å². The number of nitro benzene ring substituents is 1. The molecule has 0 amide bonds. The quantitative estimate of drug-likeness (QED) is 0.515. The summed E-state index contributed by atoms with van der Waals surface area (Å²) in [6, 6.07) is 2.24. The number of nitro groups is 1. The summed E-state index contributed by atoms with van der Waals surface area (Å²) in [6.07, 6.45) is -0.862. The van der Waals surface area contributed by atoms with Crippen LogP contribution in [-0.4, -0.2) is 28.6 Å². The van der Waals surface area contributed by atoms with Crippen LogP contribution in [0, 0.1) is 10.1 Å². The van der Waals surface area contributed by atoms with E-state index in [1.165, 1.54) is 0 Å². The molecule has 0 radical (unpaired) electrons. The molecule has 0 spiro atoms. The number of alkyl halides is 1. The van der Waals surface area contributed by atoms with Crippen LogP contribution in [0.5, 0.6) is 5.75 Å². The average molecular weight is 301 g/mol. The molecule has 0 heterocycles. The number of ether oxygens (including phenoxy) is 1. The molecule has 1 N–H and O–H groups in total. The Morgan fingerprint density at radius 3 is 2.35 bits per heavy atom. The molecule has 1 aromatic carbocycles. The van der Waals surface area contributed by atoms with E-state index < -0.39 is 11.0 Å². The Balaban J connectivity index is 2.90. The van der Waals surface area contributed by atoms with Crippen molar-refractivity contribution in [3.63, 3.8) is 0 Å². The van der Waals surface area contributed by atoms with Gasteiger partial charge >= 0.3 is 0 Å². The molecule has 0 fully saturated rings. The molecule has 0 aliphatic carbocycles. The Morgan fingerprint density at radius 2 is 1.94 bits per heavy atom. The summed E-state index contributed by atoms with van der Waals surface area (Å²) in [5.41, 5.74) is -0.231. The van der Waals surface area contributed by atoms with Crippen molar-refractivity contribution in [2.24, 2.45) is 0 Å². The number of hydrogen-bond acceptors (Lipinski definition) is 4. The van der Waals surface area contributed by atoms with Gasteiger partial charge in [-0.15, -0.1) is 11.6 Å². The maximum absolute atomic E-state index is 10.5. The molecule has 5 nitrogen and oxygen atoms in total. The molecular formula is C9H8Cl3NO4. The number of aliphatic hydroxyl groups excluding tert-OH is 1. The molecule has 1 aromatic rings. The fourth-order valence-corrected chi connectivity index (χ4v) is 1.69. The summed E-state index contributed by atoms with van der Waals surface area (Å²) >= 11 is 16.9. The molecule has 0 aliphatic rings. The van der Waals surface area contributed by atoms with Crippen molar-refractivity contribution in [2.45, 2.75) is 6.10 Å². The third-order valence-electron chi connectivity index (χ3n) is 1.79. The van der Waals surface area contributed by atoms with E-state index >= 15 is 0 Å². The number of rotatable bonds is 5. The van der Waals surface area contributed by atoms with Gasteiger partial charge < -0.3 is 9.84 Å². The zero-order chi connectivity index (χ0) is 13.0. The normalized spacial score (nSPS) is 12.2. The lowest BCUT2D eigenvalue weighted by Crippen LogP contribution is -2.19. The largest absolute Gasteiger partial charge is 0.488 e. The van der Waals surface area contributed by atoms with Crippen molar-refractivity contribution in [1.82, 2.24) is 0 Å². The maximum Gasteiger partial charge on any atom is 0.272 e. The number of hydrogen-bond donors (Lipinski definition) is 1. The van der Waals surface area contributed by atoms with Gasteiger partial charge in [0.15, 0.2) is 5.75 Å². The van der Waals surface area contributed by atoms with Gasteiger partial charge in [0.25, 0.3) is 5.69 Å². The summed E-state index contributed by atoms with van der Waals surface area (Å²) in [5.74, 6) is 0.0884. The Bertz CT molecular complexity index is 404. The van der Waals surface area contributed by atoms with Gasteiger partial charge in [-0.3, -0.25) is 10.1 Å². The Hall–Kier alpha value is -0.750. The molecule has 94 valence electrons. The third kappa shape index (κ3) is 3.89. The van der Waals surface area contributed by atoms with Gasteiger partial charge in [0.2, 0.25) is 0 Å². The highest BCUT2D eigenvalue weighted by atomic mass is 35.5. The molecule has 1 rings (SSSR count). The lowest BCUT2D eigenvalue weighted by atomic mass is 10.3. The standard InChI is InChI=1S/C9H8Cl3NO4/c10-3-6(14)4-17-9-7(11)1-5(13(15)16)2-8(9)12/h1-2,6,14H,3-4H2. The first-order valence-corrected chi connectivity index (χ1v) is 5.75. The highest BCUT2D eigenvalue weighted by molar-refractivity contribution is 6.37. The fourth-order valence-electron chi connectivity index (χ4n) is 1.01. The number of benzene rings is 1. The molecular weight excluding hydrogens is 292 g/mol. The van der Waals surface area contributed by atoms with Crippen LogP contribution in [0.3, 0.4) is 0 Å². The van der Waals surface area contributed by atoms with Gasteiger partial charge in [-0.2, -0.15) is 0 Å². The number of aliphatic hydroxyl groups is 1. The van der Waals surface area contributed by atoms with Crippen LogP contribution in [0.4, 0.5) is 5.69 Å². The lowest BCUT2D eigenvalue weighted by molar-refractivity contribution is -0.384. The molecule has 0 aliphatic heterocycles. The maximum atomic E-state index is 10.5. The third-order valence-corrected chi connectivity index (χ3v) is 2.71. The first-order valence-electron chi connectivity index (χ1n) is 4.46. The Morgan fingerprint density at radius 1 is 1.41 bits per heavy atom. The summed E-state index contributed by atoms with van der Waals surface area (Å²) in [5, 5.41) is 19.7. The summed E-state index contributed by atoms with van der Waals surface area (Å²) in [7, 11) is 0. The second-order valence-electron chi connectivity index (χ2n) is 3.11. The van der Waals surface area contributed by atoms with Crippen molar-refractivity contribution in [2.75, 3.05) is 12.5 Å². The van der Waals surface area contributed by atoms with Crippen molar-refractivity contribution in [3.05, 3.63) is 32.3 Å². The van der Waals surface area contributed by atoms with E-state index in [2.05, 4.69) is 0 Å². The van der Waals surface area contributed by atoms with Crippen molar-refractivity contribution in [1.29, 1.82) is 0 Å². The molecule has 0 aromatic heterocycles. The zero-order valence-corrected chi connectivity index (χ0v) is 10.7. The predicted molar refractivity (Wildman–Crippen MR) is 65.3 cm³/mol. The minimum atomic E-state index is -0.862. The Kier molecular flexibility index (Phi) is 5.27. The topological polar surface area (TPSA) is 72.6 Å². The number of nitrogens with zero attached hydrogens (tertiary/aromatic N) is 1. The smallest absolute Gasteiger partial charge is 0.272 e. The average Bonchev–Trinajstić information content (AvgIpc) is 2.27. The van der Waals surface area contributed by atoms with Gasteiger partial charge in [0.1, 0.15) is 12.7 Å². The predicted octanol–water partition coefficient (Wildman–Crippen LogP) is 2.88. The van der Waals surface area contributed by atoms with Crippen LogP contribution < -0.4 is 4.74 Å². The molecule has 0 saturated carbocycles. The van der Waals surface area contributed by atoms with E-state index in [-0.39, 0.29) is 34.0 Å². The summed E-state index contributed by atoms with van der Waals surface area (Å²) < 4.78 is 5.13.